The molecule has 0 spiro atoms. The maximum Gasteiger partial charge on any atom is 0.270 e. The van der Waals surface area contributed by atoms with E-state index < -0.39 is 0 Å². The van der Waals surface area contributed by atoms with Crippen LogP contribution in [0, 0.1) is 11.8 Å². The van der Waals surface area contributed by atoms with Crippen molar-refractivity contribution < 1.29 is 9.53 Å². The van der Waals surface area contributed by atoms with Gasteiger partial charge in [-0.2, -0.15) is 0 Å². The van der Waals surface area contributed by atoms with Gasteiger partial charge in [-0.1, -0.05) is 44.4 Å². The second-order valence-corrected chi connectivity index (χ2v) is 12.2. The Labute approximate surface area is 249 Å². The van der Waals surface area contributed by atoms with Gasteiger partial charge in [0.25, 0.3) is 5.91 Å². The summed E-state index contributed by atoms with van der Waals surface area (Å²) in [6, 6.07) is 18.4. The number of rotatable bonds is 11. The lowest BCUT2D eigenvalue weighted by Crippen LogP contribution is -2.33. The second kappa shape index (κ2) is 13.5. The number of hydrogen-bond acceptors (Lipinski definition) is 6. The van der Waals surface area contributed by atoms with Crippen LogP contribution in [-0.4, -0.2) is 47.8 Å². The molecule has 3 aromatic rings. The Morgan fingerprint density at radius 2 is 1.81 bits per heavy atom. The molecule has 1 saturated carbocycles. The van der Waals surface area contributed by atoms with E-state index in [0.29, 0.717) is 29.7 Å². The number of anilines is 1. The van der Waals surface area contributed by atoms with Gasteiger partial charge in [0.05, 0.1) is 5.69 Å². The molecule has 0 bridgehead atoms. The molecule has 1 unspecified atom stereocenters. The molecule has 2 aromatic carbocycles. The molecule has 2 aliphatic heterocycles. The highest BCUT2D eigenvalue weighted by Gasteiger charge is 2.21. The number of hydrogen-bond donors (Lipinski definition) is 2. The number of aryl methyl sites for hydroxylation is 2. The summed E-state index contributed by atoms with van der Waals surface area (Å²) in [6.45, 7) is 5.96. The molecule has 2 N–H and O–H groups in total. The third kappa shape index (κ3) is 7.77. The maximum atomic E-state index is 12.7. The van der Waals surface area contributed by atoms with Crippen LogP contribution >= 0.6 is 0 Å². The number of aromatic nitrogens is 1. The molecular weight excluding hydrogens is 522 g/mol. The highest BCUT2D eigenvalue weighted by molar-refractivity contribution is 5.99. The van der Waals surface area contributed by atoms with E-state index in [2.05, 4.69) is 57.8 Å². The molecule has 1 atom stereocenters. The second-order valence-electron chi connectivity index (χ2n) is 12.2. The van der Waals surface area contributed by atoms with Crippen LogP contribution in [0.25, 0.3) is 0 Å². The summed E-state index contributed by atoms with van der Waals surface area (Å²) in [5.41, 5.74) is 4.97. The Morgan fingerprint density at radius 3 is 2.62 bits per heavy atom. The minimum Gasteiger partial charge on any atom is -0.457 e. The molecule has 1 amide bonds. The summed E-state index contributed by atoms with van der Waals surface area (Å²) >= 11 is 0. The zero-order valence-corrected chi connectivity index (χ0v) is 24.8. The van der Waals surface area contributed by atoms with Crippen molar-refractivity contribution in [1.29, 1.82) is 0 Å². The van der Waals surface area contributed by atoms with E-state index in [1.54, 1.807) is 18.3 Å². The molecule has 1 aliphatic carbocycles. The fourth-order valence-electron chi connectivity index (χ4n) is 5.89. The predicted octanol–water partition coefficient (Wildman–Crippen LogP) is 7.16. The van der Waals surface area contributed by atoms with Crippen LogP contribution in [-0.2, 0) is 12.8 Å². The van der Waals surface area contributed by atoms with E-state index in [9.17, 15) is 4.79 Å². The van der Waals surface area contributed by atoms with Crippen molar-refractivity contribution in [1.82, 2.24) is 15.2 Å². The fourth-order valence-corrected chi connectivity index (χ4v) is 5.89. The Balaban J connectivity index is 1.09. The van der Waals surface area contributed by atoms with Gasteiger partial charge < -0.3 is 20.3 Å². The number of likely N-dealkylation sites (tertiary alicyclic amines) is 1. The fraction of sp³-hybridized carbons (Fsp3) is 0.457. The molecule has 3 aliphatic rings. The smallest absolute Gasteiger partial charge is 0.270 e. The monoisotopic (exact) mass is 565 g/mol. The molecular formula is C35H43N5O2. The van der Waals surface area contributed by atoms with E-state index >= 15 is 0 Å². The summed E-state index contributed by atoms with van der Waals surface area (Å²) in [7, 11) is 0. The topological polar surface area (TPSA) is 78.8 Å². The molecule has 0 radical (unpaired) electrons. The molecule has 2 fully saturated rings. The summed E-state index contributed by atoms with van der Waals surface area (Å²) < 4.78 is 6.19. The quantitative estimate of drug-likeness (QED) is 0.258. The zero-order chi connectivity index (χ0) is 28.7. The first-order valence-electron chi connectivity index (χ1n) is 15.8. The number of pyridine rings is 1. The van der Waals surface area contributed by atoms with Gasteiger partial charge in [0.2, 0.25) is 0 Å². The minimum atomic E-state index is -0.179. The van der Waals surface area contributed by atoms with Gasteiger partial charge in [0, 0.05) is 43.0 Å². The average Bonchev–Trinajstić information content (AvgIpc) is 3.71. The third-order valence-electron chi connectivity index (χ3n) is 8.72. The summed E-state index contributed by atoms with van der Waals surface area (Å²) in [6.07, 6.45) is 12.8. The highest BCUT2D eigenvalue weighted by atomic mass is 16.5. The number of amidine groups is 1. The average molecular weight is 566 g/mol. The first kappa shape index (κ1) is 28.4. The number of nitrogens with one attached hydrogen (secondary N) is 2. The van der Waals surface area contributed by atoms with Gasteiger partial charge in [-0.05, 0) is 92.9 Å². The minimum absolute atomic E-state index is 0.179. The van der Waals surface area contributed by atoms with Crippen LogP contribution in [0.5, 0.6) is 11.5 Å². The normalized spacial score (nSPS) is 18.6. The number of carbonyl (C=O) groups is 1. The number of aliphatic imine (C=N–C) groups is 1. The Kier molecular flexibility index (Phi) is 9.14. The van der Waals surface area contributed by atoms with E-state index in [0.717, 1.165) is 62.0 Å². The van der Waals surface area contributed by atoms with Crippen LogP contribution in [0.2, 0.25) is 0 Å². The van der Waals surface area contributed by atoms with E-state index in [1.807, 2.05) is 12.1 Å². The highest BCUT2D eigenvalue weighted by Crippen LogP contribution is 2.35. The molecule has 1 saturated heterocycles. The molecule has 7 nitrogen and oxygen atoms in total. The van der Waals surface area contributed by atoms with Crippen LogP contribution in [0.15, 0.2) is 65.8 Å². The standard InChI is InChI=1S/C35H43N5O2/c1-25-7-12-28-13-16-30(42-31-17-18-36-33(24-31)35(41)37-19-22-40-20-2-3-21-40)23-32(28)39-34(25)38-29-14-10-27(11-15-29)6-4-5-26-8-9-26/h10-11,13-18,23-26H,2-9,12,19-22H2,1H3,(H,37,41)(H,38,39). The number of nitrogens with zero attached hydrogens (tertiary/aromatic N) is 3. The SMILES string of the molecule is CC1CCc2ccc(Oc3ccnc(C(=O)NCCN4CCCC4)c3)cc2N=C1Nc1ccc(CCCC2CC2)cc1. The number of carbonyl (C=O) groups excluding carboxylic acids is 1. The predicted molar refractivity (Wildman–Crippen MR) is 169 cm³/mol. The van der Waals surface area contributed by atoms with Crippen LogP contribution in [0.4, 0.5) is 11.4 Å². The van der Waals surface area contributed by atoms with E-state index in [-0.39, 0.29) is 5.91 Å². The van der Waals surface area contributed by atoms with Gasteiger partial charge in [-0.15, -0.1) is 0 Å². The van der Waals surface area contributed by atoms with E-state index in [4.69, 9.17) is 9.73 Å². The summed E-state index contributed by atoms with van der Waals surface area (Å²) in [5, 5.41) is 6.59. The Bertz CT molecular complexity index is 1390. The van der Waals surface area contributed by atoms with E-state index in [1.165, 1.54) is 49.7 Å². The van der Waals surface area contributed by atoms with Gasteiger partial charge >= 0.3 is 0 Å². The van der Waals surface area contributed by atoms with Crippen molar-refractivity contribution >= 4 is 23.1 Å². The van der Waals surface area contributed by atoms with Gasteiger partial charge in [0.1, 0.15) is 23.0 Å². The number of fused-ring (bicyclic) bond motifs is 1. The van der Waals surface area contributed by atoms with Crippen molar-refractivity contribution in [2.45, 2.75) is 64.7 Å². The number of amides is 1. The van der Waals surface area contributed by atoms with Crippen molar-refractivity contribution in [3.05, 3.63) is 77.6 Å². The lowest BCUT2D eigenvalue weighted by atomic mass is 10.0. The van der Waals surface area contributed by atoms with Gasteiger partial charge in [-0.3, -0.25) is 9.78 Å². The Morgan fingerprint density at radius 1 is 1.00 bits per heavy atom. The third-order valence-corrected chi connectivity index (χ3v) is 8.72. The van der Waals surface area contributed by atoms with Crippen molar-refractivity contribution in [3.8, 4) is 11.5 Å². The molecule has 7 heteroatoms. The van der Waals surface area contributed by atoms with Crippen LogP contribution in [0.3, 0.4) is 0 Å². The van der Waals surface area contributed by atoms with Gasteiger partial charge in [0.15, 0.2) is 0 Å². The van der Waals surface area contributed by atoms with Crippen molar-refractivity contribution in [3.63, 3.8) is 0 Å². The molecule has 1 aromatic heterocycles. The molecule has 6 rings (SSSR count). The summed E-state index contributed by atoms with van der Waals surface area (Å²) in [5.74, 6) is 3.38. The first-order chi connectivity index (χ1) is 20.6. The summed E-state index contributed by atoms with van der Waals surface area (Å²) in [4.78, 5) is 24.4. The molecule has 42 heavy (non-hydrogen) atoms. The lowest BCUT2D eigenvalue weighted by Gasteiger charge is -2.15. The first-order valence-corrected chi connectivity index (χ1v) is 15.8. The zero-order valence-electron chi connectivity index (χ0n) is 24.8. The molecule has 3 heterocycles. The maximum absolute atomic E-state index is 12.7. The van der Waals surface area contributed by atoms with Crippen molar-refractivity contribution in [2.75, 3.05) is 31.5 Å². The lowest BCUT2D eigenvalue weighted by molar-refractivity contribution is 0.0944. The Hall–Kier alpha value is -3.71. The van der Waals surface area contributed by atoms with Crippen LogP contribution < -0.4 is 15.4 Å². The van der Waals surface area contributed by atoms with Gasteiger partial charge in [-0.25, -0.2) is 4.99 Å². The number of ether oxygens (including phenoxy) is 1. The number of benzene rings is 2. The molecule has 220 valence electrons. The largest absolute Gasteiger partial charge is 0.457 e. The van der Waals surface area contributed by atoms with Crippen molar-refractivity contribution in [2.24, 2.45) is 16.8 Å². The van der Waals surface area contributed by atoms with Crippen LogP contribution in [0.1, 0.15) is 73.5 Å².